The summed E-state index contributed by atoms with van der Waals surface area (Å²) in [5.41, 5.74) is 6.27. The maximum absolute atomic E-state index is 6.27. The number of aromatic nitrogens is 2. The molecule has 0 radical (unpaired) electrons. The highest BCUT2D eigenvalue weighted by Gasteiger charge is 2.20. The Labute approximate surface area is 112 Å². The van der Waals surface area contributed by atoms with Crippen molar-refractivity contribution in [2.45, 2.75) is 55.8 Å². The van der Waals surface area contributed by atoms with Crippen molar-refractivity contribution in [3.63, 3.8) is 0 Å². The van der Waals surface area contributed by atoms with Gasteiger partial charge in [-0.05, 0) is 30.3 Å². The zero-order valence-corrected chi connectivity index (χ0v) is 12.0. The van der Waals surface area contributed by atoms with Crippen LogP contribution in [-0.4, -0.2) is 21.2 Å². The third-order valence-corrected chi connectivity index (χ3v) is 5.44. The van der Waals surface area contributed by atoms with Gasteiger partial charge in [-0.3, -0.25) is 0 Å². The summed E-state index contributed by atoms with van der Waals surface area (Å²) >= 11 is 3.29. The first kappa shape index (κ1) is 13.3. The highest BCUT2D eigenvalue weighted by atomic mass is 32.2. The summed E-state index contributed by atoms with van der Waals surface area (Å²) in [6, 6.07) is 0.328. The molecule has 0 aliphatic heterocycles. The quantitative estimate of drug-likeness (QED) is 0.836. The summed E-state index contributed by atoms with van der Waals surface area (Å²) in [7, 11) is 0. The maximum atomic E-state index is 6.27. The fourth-order valence-electron chi connectivity index (χ4n) is 2.31. The monoisotopic (exact) mass is 271 g/mol. The first-order valence-electron chi connectivity index (χ1n) is 6.50. The third-order valence-electron chi connectivity index (χ3n) is 3.42. The Bertz CT molecular complexity index is 334. The standard InChI is InChI=1S/C12H21N3S2/c1-2-11-14-12(17-15-11)16-8-10(13)9-6-4-3-5-7-9/h9-10H,2-8,13H2,1H3. The van der Waals surface area contributed by atoms with Crippen LogP contribution in [0.25, 0.3) is 0 Å². The molecule has 0 aromatic carbocycles. The molecule has 1 unspecified atom stereocenters. The summed E-state index contributed by atoms with van der Waals surface area (Å²) in [5, 5.41) is 0. The minimum absolute atomic E-state index is 0.328. The molecule has 1 saturated carbocycles. The normalized spacial score (nSPS) is 19.4. The highest BCUT2D eigenvalue weighted by molar-refractivity contribution is 8.00. The fraction of sp³-hybridized carbons (Fsp3) is 0.833. The van der Waals surface area contributed by atoms with E-state index < -0.39 is 0 Å². The summed E-state index contributed by atoms with van der Waals surface area (Å²) < 4.78 is 5.37. The topological polar surface area (TPSA) is 51.8 Å². The van der Waals surface area contributed by atoms with Crippen LogP contribution < -0.4 is 5.73 Å². The minimum Gasteiger partial charge on any atom is -0.327 e. The number of hydrogen-bond donors (Lipinski definition) is 1. The molecule has 1 aliphatic rings. The lowest BCUT2D eigenvalue weighted by Crippen LogP contribution is -2.33. The van der Waals surface area contributed by atoms with Crippen LogP contribution in [0.5, 0.6) is 0 Å². The van der Waals surface area contributed by atoms with E-state index in [4.69, 9.17) is 5.73 Å². The van der Waals surface area contributed by atoms with Crippen molar-refractivity contribution in [3.05, 3.63) is 5.82 Å². The van der Waals surface area contributed by atoms with Crippen molar-refractivity contribution in [3.8, 4) is 0 Å². The number of nitrogens with two attached hydrogens (primary N) is 1. The van der Waals surface area contributed by atoms with E-state index in [1.165, 1.54) is 43.6 Å². The van der Waals surface area contributed by atoms with Gasteiger partial charge in [0.05, 0.1) is 0 Å². The van der Waals surface area contributed by atoms with Crippen LogP contribution >= 0.6 is 23.3 Å². The van der Waals surface area contributed by atoms with E-state index in [9.17, 15) is 0 Å². The number of nitrogens with zero attached hydrogens (tertiary/aromatic N) is 2. The van der Waals surface area contributed by atoms with Crippen molar-refractivity contribution in [2.24, 2.45) is 11.7 Å². The van der Waals surface area contributed by atoms with E-state index in [0.29, 0.717) is 6.04 Å². The van der Waals surface area contributed by atoms with Gasteiger partial charge < -0.3 is 5.73 Å². The summed E-state index contributed by atoms with van der Waals surface area (Å²) in [6.07, 6.45) is 7.68. The van der Waals surface area contributed by atoms with Gasteiger partial charge in [-0.15, -0.1) is 0 Å². The van der Waals surface area contributed by atoms with Gasteiger partial charge in [0.25, 0.3) is 0 Å². The smallest absolute Gasteiger partial charge is 0.170 e. The molecule has 17 heavy (non-hydrogen) atoms. The van der Waals surface area contributed by atoms with Crippen molar-refractivity contribution in [2.75, 3.05) is 5.75 Å². The molecule has 2 N–H and O–H groups in total. The highest BCUT2D eigenvalue weighted by Crippen LogP contribution is 2.29. The van der Waals surface area contributed by atoms with Gasteiger partial charge in [0.15, 0.2) is 4.34 Å². The van der Waals surface area contributed by atoms with Crippen LogP contribution in [0, 0.1) is 5.92 Å². The Hall–Kier alpha value is -0.130. The lowest BCUT2D eigenvalue weighted by atomic mass is 9.85. The predicted molar refractivity (Wildman–Crippen MR) is 74.6 cm³/mol. The molecule has 3 nitrogen and oxygen atoms in total. The van der Waals surface area contributed by atoms with E-state index in [2.05, 4.69) is 16.3 Å². The van der Waals surface area contributed by atoms with Gasteiger partial charge in [-0.1, -0.05) is 37.9 Å². The van der Waals surface area contributed by atoms with Crippen LogP contribution in [0.2, 0.25) is 0 Å². The van der Waals surface area contributed by atoms with Crippen molar-refractivity contribution in [1.29, 1.82) is 0 Å². The lowest BCUT2D eigenvalue weighted by Gasteiger charge is -2.26. The second-order valence-corrected chi connectivity index (χ2v) is 6.72. The Morgan fingerprint density at radius 3 is 2.82 bits per heavy atom. The molecule has 0 saturated heterocycles. The van der Waals surface area contributed by atoms with E-state index in [1.807, 2.05) is 0 Å². The SMILES string of the molecule is CCc1nsc(SCC(N)C2CCCCC2)n1. The molecule has 1 fully saturated rings. The van der Waals surface area contributed by atoms with Crippen LogP contribution in [0.1, 0.15) is 44.9 Å². The molecular formula is C12H21N3S2. The van der Waals surface area contributed by atoms with Crippen LogP contribution in [0.3, 0.4) is 0 Å². The number of hydrogen-bond acceptors (Lipinski definition) is 5. The van der Waals surface area contributed by atoms with Gasteiger partial charge >= 0.3 is 0 Å². The molecule has 1 aromatic heterocycles. The summed E-state index contributed by atoms with van der Waals surface area (Å²) in [4.78, 5) is 4.46. The molecule has 1 heterocycles. The van der Waals surface area contributed by atoms with Gasteiger partial charge in [0.2, 0.25) is 0 Å². The molecule has 1 atom stereocenters. The van der Waals surface area contributed by atoms with Crippen LogP contribution in [-0.2, 0) is 6.42 Å². The summed E-state index contributed by atoms with van der Waals surface area (Å²) in [5.74, 6) is 2.68. The fourth-order valence-corrected chi connectivity index (χ4v) is 4.11. The largest absolute Gasteiger partial charge is 0.327 e. The van der Waals surface area contributed by atoms with Gasteiger partial charge in [0.1, 0.15) is 5.82 Å². The van der Waals surface area contributed by atoms with Crippen molar-refractivity contribution < 1.29 is 0 Å². The molecule has 96 valence electrons. The number of aryl methyl sites for hydroxylation is 1. The van der Waals surface area contributed by atoms with E-state index in [0.717, 1.165) is 28.3 Å². The number of rotatable bonds is 5. The first-order chi connectivity index (χ1) is 8.29. The molecular weight excluding hydrogens is 250 g/mol. The zero-order valence-electron chi connectivity index (χ0n) is 10.4. The van der Waals surface area contributed by atoms with E-state index in [1.54, 1.807) is 11.8 Å². The summed E-state index contributed by atoms with van der Waals surface area (Å²) in [6.45, 7) is 2.09. The van der Waals surface area contributed by atoms with Crippen LogP contribution in [0.15, 0.2) is 4.34 Å². The molecule has 1 aliphatic carbocycles. The molecule has 5 heteroatoms. The molecule has 0 spiro atoms. The van der Waals surface area contributed by atoms with E-state index in [-0.39, 0.29) is 0 Å². The first-order valence-corrected chi connectivity index (χ1v) is 8.26. The second kappa shape index (κ2) is 6.71. The minimum atomic E-state index is 0.328. The molecule has 0 bridgehead atoms. The van der Waals surface area contributed by atoms with Gasteiger partial charge in [-0.2, -0.15) is 4.37 Å². The van der Waals surface area contributed by atoms with Gasteiger partial charge in [-0.25, -0.2) is 4.98 Å². The average molecular weight is 271 g/mol. The molecule has 0 amide bonds. The Morgan fingerprint density at radius 2 is 2.18 bits per heavy atom. The molecule has 2 rings (SSSR count). The second-order valence-electron chi connectivity index (χ2n) is 4.70. The van der Waals surface area contributed by atoms with Crippen molar-refractivity contribution in [1.82, 2.24) is 9.36 Å². The molecule has 1 aromatic rings. The van der Waals surface area contributed by atoms with Gasteiger partial charge in [0, 0.05) is 18.2 Å². The predicted octanol–water partition coefficient (Wildman–Crippen LogP) is 3.10. The van der Waals surface area contributed by atoms with Crippen molar-refractivity contribution >= 4 is 23.3 Å². The number of thioether (sulfide) groups is 1. The Balaban J connectivity index is 1.76. The average Bonchev–Trinajstić information content (AvgIpc) is 2.85. The van der Waals surface area contributed by atoms with E-state index >= 15 is 0 Å². The van der Waals surface area contributed by atoms with Crippen LogP contribution in [0.4, 0.5) is 0 Å². The zero-order chi connectivity index (χ0) is 12.1. The third kappa shape index (κ3) is 3.93. The lowest BCUT2D eigenvalue weighted by molar-refractivity contribution is 0.319. The maximum Gasteiger partial charge on any atom is 0.170 e. The Kier molecular flexibility index (Phi) is 5.25. The Morgan fingerprint density at radius 1 is 1.41 bits per heavy atom.